The van der Waals surface area contributed by atoms with E-state index in [4.69, 9.17) is 9.47 Å². The zero-order valence-corrected chi connectivity index (χ0v) is 14.4. The Labute approximate surface area is 150 Å². The smallest absolute Gasteiger partial charge is 0.358 e. The summed E-state index contributed by atoms with van der Waals surface area (Å²) in [5.41, 5.74) is 2.95. The Morgan fingerprint density at radius 2 is 1.85 bits per heavy atom. The van der Waals surface area contributed by atoms with Crippen molar-refractivity contribution < 1.29 is 14.3 Å². The van der Waals surface area contributed by atoms with Gasteiger partial charge in [0.1, 0.15) is 18.0 Å². The summed E-state index contributed by atoms with van der Waals surface area (Å²) in [6, 6.07) is 19.7. The van der Waals surface area contributed by atoms with Gasteiger partial charge in [0.2, 0.25) is 0 Å². The molecule has 5 heteroatoms. The summed E-state index contributed by atoms with van der Waals surface area (Å²) in [6.45, 7) is 2.56. The van der Waals surface area contributed by atoms with Crippen molar-refractivity contribution in [3.63, 3.8) is 0 Å². The number of ether oxygens (including phenoxy) is 2. The van der Waals surface area contributed by atoms with Crippen molar-refractivity contribution in [1.82, 2.24) is 9.38 Å². The predicted octanol–water partition coefficient (Wildman–Crippen LogP) is 4.24. The van der Waals surface area contributed by atoms with Crippen molar-refractivity contribution in [2.24, 2.45) is 0 Å². The third-order valence-electron chi connectivity index (χ3n) is 4.14. The van der Waals surface area contributed by atoms with Crippen LogP contribution in [0.2, 0.25) is 0 Å². The van der Waals surface area contributed by atoms with Gasteiger partial charge in [0, 0.05) is 17.6 Å². The van der Waals surface area contributed by atoms with Gasteiger partial charge in [-0.05, 0) is 24.6 Å². The predicted molar refractivity (Wildman–Crippen MR) is 99.4 cm³/mol. The van der Waals surface area contributed by atoms with E-state index in [-0.39, 0.29) is 5.69 Å². The lowest BCUT2D eigenvalue weighted by atomic mass is 10.2. The molecule has 0 spiro atoms. The zero-order chi connectivity index (χ0) is 17.9. The van der Waals surface area contributed by atoms with Gasteiger partial charge < -0.3 is 9.47 Å². The molecule has 0 saturated carbocycles. The Bertz CT molecular complexity index is 1070. The highest BCUT2D eigenvalue weighted by Crippen LogP contribution is 2.29. The third kappa shape index (κ3) is 2.99. The lowest BCUT2D eigenvalue weighted by molar-refractivity contribution is 0.0520. The van der Waals surface area contributed by atoms with Gasteiger partial charge in [-0.25, -0.2) is 9.78 Å². The number of rotatable bonds is 5. The number of para-hydroxylation sites is 1. The number of carbonyl (C=O) groups excluding carboxylic acids is 1. The van der Waals surface area contributed by atoms with Gasteiger partial charge in [-0.15, -0.1) is 0 Å². The maximum atomic E-state index is 12.0. The summed E-state index contributed by atoms with van der Waals surface area (Å²) in [7, 11) is 0. The molecule has 26 heavy (non-hydrogen) atoms. The first-order chi connectivity index (χ1) is 12.8. The highest BCUT2D eigenvalue weighted by atomic mass is 16.5. The fraction of sp³-hybridized carbons (Fsp3) is 0.143. The van der Waals surface area contributed by atoms with E-state index in [2.05, 4.69) is 4.98 Å². The van der Waals surface area contributed by atoms with Gasteiger partial charge in [0.15, 0.2) is 5.69 Å². The van der Waals surface area contributed by atoms with E-state index < -0.39 is 5.97 Å². The summed E-state index contributed by atoms with van der Waals surface area (Å²) in [5.74, 6) is 0.310. The minimum absolute atomic E-state index is 0.289. The molecule has 2 heterocycles. The van der Waals surface area contributed by atoms with Gasteiger partial charge >= 0.3 is 5.97 Å². The molecule has 0 fully saturated rings. The average Bonchev–Trinajstić information content (AvgIpc) is 3.12. The van der Waals surface area contributed by atoms with E-state index >= 15 is 0 Å². The highest BCUT2D eigenvalue weighted by molar-refractivity contribution is 5.92. The molecule has 0 unspecified atom stereocenters. The fourth-order valence-electron chi connectivity index (χ4n) is 2.93. The van der Waals surface area contributed by atoms with Crippen molar-refractivity contribution in [3.05, 3.63) is 78.1 Å². The summed E-state index contributed by atoms with van der Waals surface area (Å²) in [4.78, 5) is 16.4. The number of imidazole rings is 1. The molecule has 0 aliphatic heterocycles. The minimum atomic E-state index is -0.424. The number of pyridine rings is 1. The highest BCUT2D eigenvalue weighted by Gasteiger charge is 2.15. The Morgan fingerprint density at radius 1 is 1.08 bits per heavy atom. The molecule has 0 amide bonds. The van der Waals surface area contributed by atoms with Crippen LogP contribution in [0.4, 0.5) is 0 Å². The van der Waals surface area contributed by atoms with Crippen LogP contribution in [0.1, 0.15) is 23.0 Å². The van der Waals surface area contributed by atoms with Crippen molar-refractivity contribution in [1.29, 1.82) is 0 Å². The molecule has 0 radical (unpaired) electrons. The second-order valence-electron chi connectivity index (χ2n) is 5.87. The van der Waals surface area contributed by atoms with E-state index in [1.807, 2.05) is 65.1 Å². The monoisotopic (exact) mass is 346 g/mol. The Morgan fingerprint density at radius 3 is 2.65 bits per heavy atom. The largest absolute Gasteiger partial charge is 0.488 e. The van der Waals surface area contributed by atoms with Crippen LogP contribution in [0.3, 0.4) is 0 Å². The zero-order valence-electron chi connectivity index (χ0n) is 14.4. The Hall–Kier alpha value is -3.34. The molecular formula is C21H18N2O3. The second-order valence-corrected chi connectivity index (χ2v) is 5.87. The standard InChI is InChI=1S/C21H18N2O3/c1-2-25-21(24)17-13-23-18-11-7-6-10-16(18)19(12-20(23)22-17)26-14-15-8-4-3-5-9-15/h3-13H,2,14H2,1H3. The molecule has 0 saturated heterocycles. The molecule has 2 aromatic carbocycles. The van der Waals surface area contributed by atoms with Gasteiger partial charge in [0.25, 0.3) is 0 Å². The summed E-state index contributed by atoms with van der Waals surface area (Å²) in [5, 5.41) is 0.962. The fourth-order valence-corrected chi connectivity index (χ4v) is 2.93. The van der Waals surface area contributed by atoms with E-state index in [9.17, 15) is 4.79 Å². The minimum Gasteiger partial charge on any atom is -0.488 e. The number of aromatic nitrogens is 2. The van der Waals surface area contributed by atoms with Crippen LogP contribution < -0.4 is 4.74 Å². The van der Waals surface area contributed by atoms with E-state index in [0.29, 0.717) is 18.9 Å². The summed E-state index contributed by atoms with van der Waals surface area (Å²) in [6.07, 6.45) is 1.70. The number of esters is 1. The van der Waals surface area contributed by atoms with Crippen LogP contribution in [0, 0.1) is 0 Å². The number of carbonyl (C=O) groups is 1. The van der Waals surface area contributed by atoms with Crippen LogP contribution in [0.25, 0.3) is 16.6 Å². The first-order valence-electron chi connectivity index (χ1n) is 8.51. The van der Waals surface area contributed by atoms with E-state index in [1.165, 1.54) is 0 Å². The van der Waals surface area contributed by atoms with Crippen LogP contribution in [0.15, 0.2) is 66.9 Å². The average molecular weight is 346 g/mol. The van der Waals surface area contributed by atoms with Gasteiger partial charge in [0.05, 0.1) is 12.1 Å². The lowest BCUT2D eigenvalue weighted by Crippen LogP contribution is -2.04. The maximum absolute atomic E-state index is 12.0. The van der Waals surface area contributed by atoms with Crippen LogP contribution >= 0.6 is 0 Å². The second kappa shape index (κ2) is 6.88. The van der Waals surface area contributed by atoms with Crippen LogP contribution in [-0.2, 0) is 11.3 Å². The molecular weight excluding hydrogens is 328 g/mol. The number of hydrogen-bond donors (Lipinski definition) is 0. The molecule has 0 bridgehead atoms. The lowest BCUT2D eigenvalue weighted by Gasteiger charge is -2.11. The van der Waals surface area contributed by atoms with Crippen molar-refractivity contribution in [2.75, 3.05) is 6.61 Å². The number of nitrogens with zero attached hydrogens (tertiary/aromatic N) is 2. The molecule has 4 aromatic rings. The molecule has 130 valence electrons. The van der Waals surface area contributed by atoms with Crippen molar-refractivity contribution in [3.8, 4) is 5.75 Å². The molecule has 0 aliphatic rings. The van der Waals surface area contributed by atoms with Crippen LogP contribution in [0.5, 0.6) is 5.75 Å². The normalized spacial score (nSPS) is 11.0. The van der Waals surface area contributed by atoms with E-state index in [0.717, 1.165) is 22.2 Å². The van der Waals surface area contributed by atoms with Crippen LogP contribution in [-0.4, -0.2) is 22.0 Å². The third-order valence-corrected chi connectivity index (χ3v) is 4.14. The van der Waals surface area contributed by atoms with Crippen molar-refractivity contribution in [2.45, 2.75) is 13.5 Å². The topological polar surface area (TPSA) is 52.8 Å². The quantitative estimate of drug-likeness (QED) is 0.507. The molecule has 0 atom stereocenters. The molecule has 5 nitrogen and oxygen atoms in total. The molecule has 0 aliphatic carbocycles. The van der Waals surface area contributed by atoms with E-state index in [1.54, 1.807) is 13.1 Å². The van der Waals surface area contributed by atoms with Crippen molar-refractivity contribution >= 4 is 22.5 Å². The Kier molecular flexibility index (Phi) is 4.27. The first-order valence-corrected chi connectivity index (χ1v) is 8.51. The molecule has 2 aromatic heterocycles. The summed E-state index contributed by atoms with van der Waals surface area (Å²) >= 11 is 0. The van der Waals surface area contributed by atoms with Gasteiger partial charge in [-0.3, -0.25) is 4.40 Å². The van der Waals surface area contributed by atoms with Gasteiger partial charge in [-0.2, -0.15) is 0 Å². The Balaban J connectivity index is 1.77. The number of benzene rings is 2. The SMILES string of the molecule is CCOC(=O)c1cn2c(cc(OCc3ccccc3)c3ccccc32)n1. The first kappa shape index (κ1) is 16.1. The molecule has 4 rings (SSSR count). The molecule has 0 N–H and O–H groups in total. The maximum Gasteiger partial charge on any atom is 0.358 e. The number of fused-ring (bicyclic) bond motifs is 3. The van der Waals surface area contributed by atoms with Gasteiger partial charge in [-0.1, -0.05) is 42.5 Å². The summed E-state index contributed by atoms with van der Waals surface area (Å²) < 4.78 is 13.0. The number of hydrogen-bond acceptors (Lipinski definition) is 4.